The fourth-order valence-corrected chi connectivity index (χ4v) is 3.33. The molecule has 0 fully saturated rings. The van der Waals surface area contributed by atoms with E-state index < -0.39 is 6.04 Å². The lowest BCUT2D eigenvalue weighted by Gasteiger charge is -2.17. The number of hydrogen-bond donors (Lipinski definition) is 2. The highest BCUT2D eigenvalue weighted by molar-refractivity contribution is 6.31. The zero-order valence-electron chi connectivity index (χ0n) is 16.9. The van der Waals surface area contributed by atoms with Crippen LogP contribution in [0.2, 0.25) is 10.0 Å². The van der Waals surface area contributed by atoms with Crippen LogP contribution in [0.5, 0.6) is 0 Å². The van der Waals surface area contributed by atoms with Crippen LogP contribution in [-0.4, -0.2) is 21.6 Å². The molecule has 0 aliphatic rings. The van der Waals surface area contributed by atoms with Gasteiger partial charge in [-0.15, -0.1) is 0 Å². The molecule has 1 atom stereocenters. The summed E-state index contributed by atoms with van der Waals surface area (Å²) in [4.78, 5) is 25.4. The van der Waals surface area contributed by atoms with Crippen molar-refractivity contribution in [1.29, 1.82) is 0 Å². The molecule has 156 valence electrons. The van der Waals surface area contributed by atoms with Crippen LogP contribution >= 0.6 is 23.2 Å². The molecule has 0 spiro atoms. The molecule has 2 amide bonds. The van der Waals surface area contributed by atoms with Gasteiger partial charge < -0.3 is 10.6 Å². The molecule has 0 saturated carbocycles. The summed E-state index contributed by atoms with van der Waals surface area (Å²) in [5, 5.41) is 11.1. The topological polar surface area (TPSA) is 76.0 Å². The third-order valence-electron chi connectivity index (χ3n) is 4.75. The number of halogens is 2. The molecular formula is C22H22Cl2N4O2. The van der Waals surface area contributed by atoms with E-state index in [2.05, 4.69) is 15.7 Å². The number of hydrogen-bond acceptors (Lipinski definition) is 3. The van der Waals surface area contributed by atoms with Gasteiger partial charge in [0.25, 0.3) is 5.91 Å². The number of aromatic nitrogens is 2. The predicted octanol–water partition coefficient (Wildman–Crippen LogP) is 5.65. The molecule has 30 heavy (non-hydrogen) atoms. The first-order chi connectivity index (χ1) is 14.3. The summed E-state index contributed by atoms with van der Waals surface area (Å²) >= 11 is 12.0. The van der Waals surface area contributed by atoms with Gasteiger partial charge >= 0.3 is 0 Å². The van der Waals surface area contributed by atoms with Gasteiger partial charge in [0.15, 0.2) is 5.69 Å². The molecule has 2 aromatic carbocycles. The second kappa shape index (κ2) is 9.32. The van der Waals surface area contributed by atoms with Crippen LogP contribution < -0.4 is 10.6 Å². The number of benzene rings is 2. The SMILES string of the molecule is CC[C@@H](C(=O)Nc1cc(Cl)ccc1C)n1ccc(C(=O)Nc2cc(Cl)ccc2C)n1. The van der Waals surface area contributed by atoms with Gasteiger partial charge in [0.1, 0.15) is 6.04 Å². The highest BCUT2D eigenvalue weighted by Gasteiger charge is 2.22. The van der Waals surface area contributed by atoms with Crippen LogP contribution in [-0.2, 0) is 4.79 Å². The van der Waals surface area contributed by atoms with E-state index >= 15 is 0 Å². The lowest BCUT2D eigenvalue weighted by Crippen LogP contribution is -2.26. The quantitative estimate of drug-likeness (QED) is 0.515. The van der Waals surface area contributed by atoms with Crippen molar-refractivity contribution in [3.8, 4) is 0 Å². The third kappa shape index (κ3) is 5.01. The van der Waals surface area contributed by atoms with E-state index in [9.17, 15) is 9.59 Å². The molecule has 2 N–H and O–H groups in total. The normalized spacial score (nSPS) is 11.8. The number of nitrogens with one attached hydrogen (secondary N) is 2. The molecule has 3 rings (SSSR count). The monoisotopic (exact) mass is 444 g/mol. The zero-order valence-corrected chi connectivity index (χ0v) is 18.4. The van der Waals surface area contributed by atoms with Crippen LogP contribution in [0.25, 0.3) is 0 Å². The van der Waals surface area contributed by atoms with E-state index in [0.717, 1.165) is 11.1 Å². The smallest absolute Gasteiger partial charge is 0.276 e. The van der Waals surface area contributed by atoms with E-state index in [4.69, 9.17) is 23.2 Å². The maximum atomic E-state index is 12.8. The molecule has 6 nitrogen and oxygen atoms in total. The molecule has 0 aliphatic carbocycles. The standard InChI is InChI=1S/C22H22Cl2N4O2/c1-4-20(22(30)26-19-12-16(24)8-6-14(19)3)28-10-9-17(27-28)21(29)25-18-11-15(23)7-5-13(18)2/h5-12,20H,4H2,1-3H3,(H,25,29)(H,26,30)/t20-/m0/s1. The summed E-state index contributed by atoms with van der Waals surface area (Å²) in [6.45, 7) is 5.65. The summed E-state index contributed by atoms with van der Waals surface area (Å²) in [6, 6.07) is 11.6. The van der Waals surface area contributed by atoms with Crippen molar-refractivity contribution in [2.75, 3.05) is 10.6 Å². The van der Waals surface area contributed by atoms with Gasteiger partial charge in [0, 0.05) is 27.6 Å². The average molecular weight is 445 g/mol. The van der Waals surface area contributed by atoms with Gasteiger partial charge in [-0.25, -0.2) is 0 Å². The maximum absolute atomic E-state index is 12.8. The predicted molar refractivity (Wildman–Crippen MR) is 121 cm³/mol. The zero-order chi connectivity index (χ0) is 21.8. The Hall–Kier alpha value is -2.83. The van der Waals surface area contributed by atoms with Crippen LogP contribution in [0.1, 0.15) is 41.0 Å². The van der Waals surface area contributed by atoms with E-state index in [1.54, 1.807) is 36.5 Å². The Morgan fingerprint density at radius 1 is 0.967 bits per heavy atom. The number of amides is 2. The van der Waals surface area contributed by atoms with Crippen LogP contribution in [0, 0.1) is 13.8 Å². The van der Waals surface area contributed by atoms with Crippen LogP contribution in [0.4, 0.5) is 11.4 Å². The largest absolute Gasteiger partial charge is 0.324 e. The first-order valence-electron chi connectivity index (χ1n) is 9.48. The summed E-state index contributed by atoms with van der Waals surface area (Å²) in [7, 11) is 0. The van der Waals surface area contributed by atoms with Crippen molar-refractivity contribution in [3.05, 3.63) is 75.5 Å². The fraction of sp³-hybridized carbons (Fsp3) is 0.227. The summed E-state index contributed by atoms with van der Waals surface area (Å²) < 4.78 is 1.49. The molecule has 0 aliphatic heterocycles. The van der Waals surface area contributed by atoms with Gasteiger partial charge in [-0.2, -0.15) is 5.10 Å². The Morgan fingerprint density at radius 3 is 2.10 bits per heavy atom. The van der Waals surface area contributed by atoms with Gasteiger partial charge in [-0.05, 0) is 61.7 Å². The van der Waals surface area contributed by atoms with Crippen LogP contribution in [0.3, 0.4) is 0 Å². The summed E-state index contributed by atoms with van der Waals surface area (Å²) in [5.41, 5.74) is 3.25. The van der Waals surface area contributed by atoms with Gasteiger partial charge in [-0.1, -0.05) is 42.3 Å². The Balaban J connectivity index is 1.75. The van der Waals surface area contributed by atoms with Crippen LogP contribution in [0.15, 0.2) is 48.7 Å². The molecule has 0 unspecified atom stereocenters. The number of carbonyl (C=O) groups excluding carboxylic acids is 2. The molecule has 0 saturated heterocycles. The minimum atomic E-state index is -0.571. The van der Waals surface area contributed by atoms with Crippen molar-refractivity contribution in [3.63, 3.8) is 0 Å². The van der Waals surface area contributed by atoms with E-state index in [1.807, 2.05) is 32.9 Å². The van der Waals surface area contributed by atoms with Crippen molar-refractivity contribution < 1.29 is 9.59 Å². The molecule has 8 heteroatoms. The van der Waals surface area contributed by atoms with Crippen molar-refractivity contribution in [1.82, 2.24) is 9.78 Å². The number of anilines is 2. The summed E-state index contributed by atoms with van der Waals surface area (Å²) in [6.07, 6.45) is 2.12. The number of aryl methyl sites for hydroxylation is 2. The number of nitrogens with zero attached hydrogens (tertiary/aromatic N) is 2. The average Bonchev–Trinajstić information content (AvgIpc) is 3.18. The third-order valence-corrected chi connectivity index (χ3v) is 5.23. The summed E-state index contributed by atoms with van der Waals surface area (Å²) in [5.74, 6) is -0.608. The second-order valence-corrected chi connectivity index (χ2v) is 7.84. The molecule has 0 bridgehead atoms. The minimum Gasteiger partial charge on any atom is -0.324 e. The molecular weight excluding hydrogens is 423 g/mol. The minimum absolute atomic E-state index is 0.208. The Labute approximate surface area is 185 Å². The number of rotatable bonds is 6. The van der Waals surface area contributed by atoms with Gasteiger partial charge in [0.2, 0.25) is 5.91 Å². The van der Waals surface area contributed by atoms with Crippen molar-refractivity contribution in [2.24, 2.45) is 0 Å². The van der Waals surface area contributed by atoms with E-state index in [1.165, 1.54) is 4.68 Å². The lowest BCUT2D eigenvalue weighted by molar-refractivity contribution is -0.119. The van der Waals surface area contributed by atoms with Crippen molar-refractivity contribution >= 4 is 46.4 Å². The van der Waals surface area contributed by atoms with Crippen molar-refractivity contribution in [2.45, 2.75) is 33.2 Å². The van der Waals surface area contributed by atoms with E-state index in [-0.39, 0.29) is 17.5 Å². The van der Waals surface area contributed by atoms with Gasteiger partial charge in [0.05, 0.1) is 0 Å². The highest BCUT2D eigenvalue weighted by atomic mass is 35.5. The Kier molecular flexibility index (Phi) is 6.80. The highest BCUT2D eigenvalue weighted by Crippen LogP contribution is 2.23. The Morgan fingerprint density at radius 2 is 1.53 bits per heavy atom. The molecule has 1 aromatic heterocycles. The number of carbonyl (C=O) groups is 2. The second-order valence-electron chi connectivity index (χ2n) is 6.97. The Bertz CT molecular complexity index is 1090. The first-order valence-corrected chi connectivity index (χ1v) is 10.2. The molecule has 1 heterocycles. The maximum Gasteiger partial charge on any atom is 0.276 e. The van der Waals surface area contributed by atoms with E-state index in [0.29, 0.717) is 27.8 Å². The molecule has 0 radical (unpaired) electrons. The lowest BCUT2D eigenvalue weighted by atomic mass is 10.1. The molecule has 3 aromatic rings. The van der Waals surface area contributed by atoms with Gasteiger partial charge in [-0.3, -0.25) is 14.3 Å². The fourth-order valence-electron chi connectivity index (χ4n) is 2.99. The first kappa shape index (κ1) is 21.9.